The zero-order valence-corrected chi connectivity index (χ0v) is 18.3. The van der Waals surface area contributed by atoms with Crippen molar-refractivity contribution in [1.29, 1.82) is 0 Å². The predicted octanol–water partition coefficient (Wildman–Crippen LogP) is 5.66. The van der Waals surface area contributed by atoms with Gasteiger partial charge in [0.15, 0.2) is 5.65 Å². The number of fused-ring (bicyclic) bond motifs is 1. The molecule has 3 heterocycles. The molecule has 0 spiro atoms. The lowest BCUT2D eigenvalue weighted by atomic mass is 9.95. The standard InChI is InChI=1S/C23H33N5/c1-8-15(9-2)17-13-28(7)23-21(17)25-18(10-3)20(27-23)16-11-12-19(14(4)5)26-22(16)24-6/h11-15H,8-10H2,1-7H3,(H,24,26). The topological polar surface area (TPSA) is 55.6 Å². The molecule has 0 saturated carbocycles. The summed E-state index contributed by atoms with van der Waals surface area (Å²) in [7, 11) is 3.98. The van der Waals surface area contributed by atoms with Crippen LogP contribution < -0.4 is 5.32 Å². The molecule has 0 fully saturated rings. The van der Waals surface area contributed by atoms with Gasteiger partial charge < -0.3 is 9.88 Å². The van der Waals surface area contributed by atoms with Gasteiger partial charge in [0.2, 0.25) is 0 Å². The second-order valence-electron chi connectivity index (χ2n) is 7.79. The van der Waals surface area contributed by atoms with Gasteiger partial charge in [-0.25, -0.2) is 15.0 Å². The molecule has 0 aliphatic heterocycles. The summed E-state index contributed by atoms with van der Waals surface area (Å²) in [5.74, 6) is 1.77. The quantitative estimate of drug-likeness (QED) is 0.575. The van der Waals surface area contributed by atoms with E-state index in [1.807, 2.05) is 7.05 Å². The van der Waals surface area contributed by atoms with Crippen molar-refractivity contribution in [2.75, 3.05) is 12.4 Å². The third-order valence-electron chi connectivity index (χ3n) is 5.65. The Labute approximate surface area is 168 Å². The van der Waals surface area contributed by atoms with Crippen LogP contribution in [0.15, 0.2) is 18.3 Å². The van der Waals surface area contributed by atoms with Crippen molar-refractivity contribution in [1.82, 2.24) is 19.5 Å². The Balaban J connectivity index is 2.24. The average Bonchev–Trinajstić information content (AvgIpc) is 3.03. The number of aryl methyl sites for hydroxylation is 2. The van der Waals surface area contributed by atoms with Crippen LogP contribution in [0.5, 0.6) is 0 Å². The number of nitrogens with zero attached hydrogens (tertiary/aromatic N) is 4. The van der Waals surface area contributed by atoms with E-state index < -0.39 is 0 Å². The normalized spacial score (nSPS) is 11.8. The zero-order valence-electron chi connectivity index (χ0n) is 18.3. The zero-order chi connectivity index (χ0) is 20.4. The number of hydrogen-bond donors (Lipinski definition) is 1. The first-order chi connectivity index (χ1) is 13.4. The number of hydrogen-bond acceptors (Lipinski definition) is 4. The molecule has 3 aromatic heterocycles. The molecular weight excluding hydrogens is 346 g/mol. The second-order valence-corrected chi connectivity index (χ2v) is 7.79. The fourth-order valence-corrected chi connectivity index (χ4v) is 3.90. The van der Waals surface area contributed by atoms with Gasteiger partial charge in [-0.1, -0.05) is 34.6 Å². The van der Waals surface area contributed by atoms with Gasteiger partial charge in [-0.2, -0.15) is 0 Å². The summed E-state index contributed by atoms with van der Waals surface area (Å²) in [5.41, 5.74) is 7.37. The highest BCUT2D eigenvalue weighted by Crippen LogP contribution is 2.34. The molecular formula is C23H33N5. The molecule has 5 heteroatoms. The smallest absolute Gasteiger partial charge is 0.159 e. The highest BCUT2D eigenvalue weighted by Gasteiger charge is 2.21. The van der Waals surface area contributed by atoms with Crippen molar-refractivity contribution >= 4 is 17.0 Å². The van der Waals surface area contributed by atoms with E-state index in [-0.39, 0.29) is 0 Å². The van der Waals surface area contributed by atoms with Crippen LogP contribution in [0.2, 0.25) is 0 Å². The van der Waals surface area contributed by atoms with Gasteiger partial charge in [-0.15, -0.1) is 0 Å². The van der Waals surface area contributed by atoms with Crippen LogP contribution in [0.25, 0.3) is 22.4 Å². The van der Waals surface area contributed by atoms with Crippen molar-refractivity contribution < 1.29 is 0 Å². The second kappa shape index (κ2) is 8.29. The van der Waals surface area contributed by atoms with E-state index in [0.29, 0.717) is 11.8 Å². The van der Waals surface area contributed by atoms with Gasteiger partial charge in [0.25, 0.3) is 0 Å². The van der Waals surface area contributed by atoms with Crippen molar-refractivity contribution in [3.05, 3.63) is 35.3 Å². The Hall–Kier alpha value is -2.43. The number of nitrogens with one attached hydrogen (secondary N) is 1. The third kappa shape index (κ3) is 3.50. The lowest BCUT2D eigenvalue weighted by molar-refractivity contribution is 0.643. The van der Waals surface area contributed by atoms with E-state index in [1.165, 1.54) is 5.56 Å². The van der Waals surface area contributed by atoms with Crippen LogP contribution in [-0.4, -0.2) is 26.6 Å². The summed E-state index contributed by atoms with van der Waals surface area (Å²) < 4.78 is 2.12. The molecule has 0 atom stereocenters. The monoisotopic (exact) mass is 379 g/mol. The van der Waals surface area contributed by atoms with Crippen LogP contribution in [0.3, 0.4) is 0 Å². The van der Waals surface area contributed by atoms with Gasteiger partial charge in [-0.3, -0.25) is 0 Å². The molecule has 1 N–H and O–H groups in total. The van der Waals surface area contributed by atoms with Crippen LogP contribution in [-0.2, 0) is 13.5 Å². The summed E-state index contributed by atoms with van der Waals surface area (Å²) in [6.07, 6.45) is 5.28. The van der Waals surface area contributed by atoms with Gasteiger partial charge in [0.05, 0.1) is 11.4 Å². The minimum absolute atomic E-state index is 0.385. The number of anilines is 1. The molecule has 0 aliphatic rings. The van der Waals surface area contributed by atoms with E-state index >= 15 is 0 Å². The predicted molar refractivity (Wildman–Crippen MR) is 118 cm³/mol. The van der Waals surface area contributed by atoms with Crippen molar-refractivity contribution in [3.63, 3.8) is 0 Å². The van der Waals surface area contributed by atoms with Crippen LogP contribution in [0.1, 0.15) is 76.2 Å². The largest absolute Gasteiger partial charge is 0.373 e. The van der Waals surface area contributed by atoms with Crippen molar-refractivity contribution in [3.8, 4) is 11.3 Å². The Morgan fingerprint density at radius 2 is 1.75 bits per heavy atom. The fraction of sp³-hybridized carbons (Fsp3) is 0.522. The maximum absolute atomic E-state index is 5.10. The average molecular weight is 380 g/mol. The summed E-state index contributed by atoms with van der Waals surface area (Å²) >= 11 is 0. The lowest BCUT2D eigenvalue weighted by Crippen LogP contribution is -2.05. The molecule has 5 nitrogen and oxygen atoms in total. The summed E-state index contributed by atoms with van der Waals surface area (Å²) in [4.78, 5) is 15.0. The van der Waals surface area contributed by atoms with E-state index in [2.05, 4.69) is 69.9 Å². The fourth-order valence-electron chi connectivity index (χ4n) is 3.90. The lowest BCUT2D eigenvalue weighted by Gasteiger charge is -2.15. The number of pyridine rings is 1. The highest BCUT2D eigenvalue weighted by atomic mass is 15.0. The minimum Gasteiger partial charge on any atom is -0.373 e. The molecule has 28 heavy (non-hydrogen) atoms. The highest BCUT2D eigenvalue weighted by molar-refractivity contribution is 5.83. The Bertz CT molecular complexity index is 967. The van der Waals surface area contributed by atoms with Gasteiger partial charge in [0, 0.05) is 37.1 Å². The molecule has 0 unspecified atom stereocenters. The van der Waals surface area contributed by atoms with Crippen LogP contribution in [0.4, 0.5) is 5.82 Å². The SMILES string of the molecule is CCc1nc2c(C(CC)CC)cn(C)c2nc1-c1ccc(C(C)C)nc1NC. The first kappa shape index (κ1) is 20.3. The van der Waals surface area contributed by atoms with Gasteiger partial charge >= 0.3 is 0 Å². The van der Waals surface area contributed by atoms with E-state index in [1.54, 1.807) is 0 Å². The van der Waals surface area contributed by atoms with Gasteiger partial charge in [0.1, 0.15) is 11.3 Å². The minimum atomic E-state index is 0.385. The number of aromatic nitrogens is 4. The Morgan fingerprint density at radius 1 is 1.04 bits per heavy atom. The summed E-state index contributed by atoms with van der Waals surface area (Å²) in [6.45, 7) is 11.0. The van der Waals surface area contributed by atoms with E-state index in [4.69, 9.17) is 15.0 Å². The molecule has 0 amide bonds. The molecule has 0 aromatic carbocycles. The van der Waals surface area contributed by atoms with Crippen LogP contribution >= 0.6 is 0 Å². The van der Waals surface area contributed by atoms with E-state index in [9.17, 15) is 0 Å². The molecule has 0 bridgehead atoms. The van der Waals surface area contributed by atoms with E-state index in [0.717, 1.165) is 58.9 Å². The third-order valence-corrected chi connectivity index (χ3v) is 5.65. The Kier molecular flexibility index (Phi) is 6.01. The first-order valence-corrected chi connectivity index (χ1v) is 10.5. The molecule has 150 valence electrons. The number of rotatable bonds is 7. The molecule has 0 aliphatic carbocycles. The maximum Gasteiger partial charge on any atom is 0.159 e. The summed E-state index contributed by atoms with van der Waals surface area (Å²) in [5, 5.41) is 3.26. The van der Waals surface area contributed by atoms with Crippen LogP contribution in [0, 0.1) is 0 Å². The first-order valence-electron chi connectivity index (χ1n) is 10.5. The molecule has 3 rings (SSSR count). The molecule has 0 saturated heterocycles. The molecule has 0 radical (unpaired) electrons. The van der Waals surface area contributed by atoms with Gasteiger partial charge in [-0.05, 0) is 43.2 Å². The maximum atomic E-state index is 5.10. The molecule has 3 aromatic rings. The van der Waals surface area contributed by atoms with Crippen molar-refractivity contribution in [2.45, 2.75) is 65.7 Å². The Morgan fingerprint density at radius 3 is 2.32 bits per heavy atom. The summed E-state index contributed by atoms with van der Waals surface area (Å²) in [6, 6.07) is 4.24. The van der Waals surface area contributed by atoms with Crippen molar-refractivity contribution in [2.24, 2.45) is 7.05 Å².